The van der Waals surface area contributed by atoms with Gasteiger partial charge in [0.25, 0.3) is 0 Å². The second kappa shape index (κ2) is 5.93. The van der Waals surface area contributed by atoms with Crippen LogP contribution >= 0.6 is 11.6 Å². The Balaban J connectivity index is 2.12. The first-order valence-electron chi connectivity index (χ1n) is 7.33. The van der Waals surface area contributed by atoms with Crippen molar-refractivity contribution in [2.75, 3.05) is 11.4 Å². The lowest BCUT2D eigenvalue weighted by Crippen LogP contribution is -2.31. The summed E-state index contributed by atoms with van der Waals surface area (Å²) >= 11 is 5.94. The lowest BCUT2D eigenvalue weighted by Gasteiger charge is -2.20. The first kappa shape index (κ1) is 14.8. The van der Waals surface area contributed by atoms with E-state index in [2.05, 4.69) is 0 Å². The minimum absolute atomic E-state index is 0.0700. The molecule has 3 rings (SSSR count). The molecule has 3 nitrogen and oxygen atoms in total. The van der Waals surface area contributed by atoms with Crippen molar-refractivity contribution in [3.05, 3.63) is 58.6 Å². The summed E-state index contributed by atoms with van der Waals surface area (Å²) in [5.41, 5.74) is 4.56. The summed E-state index contributed by atoms with van der Waals surface area (Å²) in [4.78, 5) is 19.1. The zero-order valence-corrected chi connectivity index (χ0v) is 13.4. The van der Waals surface area contributed by atoms with E-state index in [4.69, 9.17) is 16.6 Å². The van der Waals surface area contributed by atoms with Gasteiger partial charge in [-0.25, -0.2) is 0 Å². The molecule has 1 amide bonds. The molecule has 0 aliphatic carbocycles. The van der Waals surface area contributed by atoms with Gasteiger partial charge in [0, 0.05) is 11.6 Å². The monoisotopic (exact) mass is 312 g/mol. The Labute approximate surface area is 135 Å². The molecule has 2 aromatic carbocycles. The number of benzene rings is 2. The number of hydrogen-bond acceptors (Lipinski definition) is 2. The van der Waals surface area contributed by atoms with E-state index in [1.54, 1.807) is 4.90 Å². The highest BCUT2D eigenvalue weighted by atomic mass is 35.5. The Hall–Kier alpha value is -2.13. The van der Waals surface area contributed by atoms with E-state index in [1.807, 2.05) is 56.3 Å². The van der Waals surface area contributed by atoms with E-state index < -0.39 is 0 Å². The van der Waals surface area contributed by atoms with E-state index in [9.17, 15) is 4.79 Å². The summed E-state index contributed by atoms with van der Waals surface area (Å²) in [7, 11) is 0. The Morgan fingerprint density at radius 1 is 1.18 bits per heavy atom. The van der Waals surface area contributed by atoms with Crippen LogP contribution in [-0.2, 0) is 4.79 Å². The maximum absolute atomic E-state index is 12.6. The molecule has 0 N–H and O–H groups in total. The van der Waals surface area contributed by atoms with Gasteiger partial charge in [0.15, 0.2) is 0 Å². The first-order chi connectivity index (χ1) is 10.6. The van der Waals surface area contributed by atoms with Gasteiger partial charge in [-0.1, -0.05) is 29.8 Å². The van der Waals surface area contributed by atoms with E-state index >= 15 is 0 Å². The van der Waals surface area contributed by atoms with Crippen molar-refractivity contribution in [2.24, 2.45) is 4.99 Å². The van der Waals surface area contributed by atoms with Crippen LogP contribution in [0.2, 0.25) is 5.02 Å². The van der Waals surface area contributed by atoms with E-state index in [0.29, 0.717) is 18.0 Å². The summed E-state index contributed by atoms with van der Waals surface area (Å²) in [6, 6.07) is 13.5. The molecule has 1 aliphatic rings. The van der Waals surface area contributed by atoms with Crippen LogP contribution in [-0.4, -0.2) is 18.2 Å². The quantitative estimate of drug-likeness (QED) is 0.802. The molecule has 1 heterocycles. The number of rotatable bonds is 2. The molecule has 2 aromatic rings. The van der Waals surface area contributed by atoms with Crippen molar-refractivity contribution in [3.8, 4) is 0 Å². The van der Waals surface area contributed by atoms with Crippen molar-refractivity contribution < 1.29 is 4.79 Å². The fourth-order valence-electron chi connectivity index (χ4n) is 2.66. The number of fused-ring (bicyclic) bond motifs is 1. The number of aryl methyl sites for hydroxylation is 1. The Kier molecular flexibility index (Phi) is 3.99. The average Bonchev–Trinajstić information content (AvgIpc) is 2.63. The van der Waals surface area contributed by atoms with Crippen LogP contribution in [0.4, 0.5) is 11.4 Å². The maximum Gasteiger partial charge on any atom is 0.233 e. The molecule has 0 spiro atoms. The number of carbonyl (C=O) groups excluding carboxylic acids is 1. The molecule has 0 atom stereocenters. The van der Waals surface area contributed by atoms with E-state index in [1.165, 1.54) is 0 Å². The summed E-state index contributed by atoms with van der Waals surface area (Å²) < 4.78 is 0. The summed E-state index contributed by atoms with van der Waals surface area (Å²) in [5.74, 6) is 0.0700. The number of hydrogen-bond donors (Lipinski definition) is 0. The number of carbonyl (C=O) groups is 1. The third-order valence-electron chi connectivity index (χ3n) is 3.79. The number of halogens is 1. The van der Waals surface area contributed by atoms with Crippen LogP contribution < -0.4 is 4.90 Å². The molecule has 0 fully saturated rings. The SMILES string of the molecule is CCN1C(=O)CC(c2ccc(Cl)cc2)=Nc2ccc(C)cc21. The minimum atomic E-state index is 0.0700. The van der Waals surface area contributed by atoms with Gasteiger partial charge in [-0.2, -0.15) is 0 Å². The van der Waals surface area contributed by atoms with E-state index in [0.717, 1.165) is 28.2 Å². The molecule has 0 unspecified atom stereocenters. The van der Waals surface area contributed by atoms with Gasteiger partial charge in [-0.05, 0) is 49.2 Å². The molecule has 22 heavy (non-hydrogen) atoms. The largest absolute Gasteiger partial charge is 0.310 e. The molecular weight excluding hydrogens is 296 g/mol. The van der Waals surface area contributed by atoms with Crippen LogP contribution in [0.25, 0.3) is 0 Å². The number of nitrogens with zero attached hydrogens (tertiary/aromatic N) is 2. The van der Waals surface area contributed by atoms with Gasteiger partial charge in [-0.3, -0.25) is 9.79 Å². The Morgan fingerprint density at radius 2 is 1.91 bits per heavy atom. The molecule has 0 saturated heterocycles. The van der Waals surface area contributed by atoms with Crippen molar-refractivity contribution >= 4 is 34.6 Å². The fourth-order valence-corrected chi connectivity index (χ4v) is 2.78. The third-order valence-corrected chi connectivity index (χ3v) is 4.04. The number of amides is 1. The Bertz CT molecular complexity index is 750. The zero-order chi connectivity index (χ0) is 15.7. The van der Waals surface area contributed by atoms with E-state index in [-0.39, 0.29) is 5.91 Å². The predicted octanol–water partition coefficient (Wildman–Crippen LogP) is 4.53. The molecular formula is C18H17ClN2O. The van der Waals surface area contributed by atoms with Gasteiger partial charge in [-0.15, -0.1) is 0 Å². The normalized spacial score (nSPS) is 14.4. The average molecular weight is 313 g/mol. The molecule has 112 valence electrons. The van der Waals surface area contributed by atoms with Gasteiger partial charge >= 0.3 is 0 Å². The standard InChI is InChI=1S/C18H17ClN2O/c1-3-21-17-10-12(2)4-9-15(17)20-16(11-18(21)22)13-5-7-14(19)8-6-13/h4-10H,3,11H2,1-2H3. The summed E-state index contributed by atoms with van der Waals surface area (Å²) in [6.45, 7) is 4.64. The van der Waals surface area contributed by atoms with Gasteiger partial charge in [0.05, 0.1) is 23.5 Å². The lowest BCUT2D eigenvalue weighted by molar-refractivity contribution is -0.117. The third kappa shape index (κ3) is 2.77. The maximum atomic E-state index is 12.6. The molecule has 0 bridgehead atoms. The van der Waals surface area contributed by atoms with Gasteiger partial charge in [0.1, 0.15) is 0 Å². The highest BCUT2D eigenvalue weighted by molar-refractivity contribution is 6.30. The van der Waals surface area contributed by atoms with Crippen LogP contribution in [0.1, 0.15) is 24.5 Å². The zero-order valence-electron chi connectivity index (χ0n) is 12.6. The van der Waals surface area contributed by atoms with Crippen LogP contribution in [0, 0.1) is 6.92 Å². The molecule has 4 heteroatoms. The predicted molar refractivity (Wildman–Crippen MR) is 91.5 cm³/mol. The van der Waals surface area contributed by atoms with Crippen LogP contribution in [0.15, 0.2) is 47.5 Å². The lowest BCUT2D eigenvalue weighted by atomic mass is 10.1. The Morgan fingerprint density at radius 3 is 2.59 bits per heavy atom. The first-order valence-corrected chi connectivity index (χ1v) is 7.71. The molecule has 0 radical (unpaired) electrons. The van der Waals surface area contributed by atoms with Crippen molar-refractivity contribution in [3.63, 3.8) is 0 Å². The second-order valence-corrected chi connectivity index (χ2v) is 5.81. The number of aliphatic imine (C=N–C) groups is 1. The fraction of sp³-hybridized carbons (Fsp3) is 0.222. The smallest absolute Gasteiger partial charge is 0.233 e. The second-order valence-electron chi connectivity index (χ2n) is 5.37. The summed E-state index contributed by atoms with van der Waals surface area (Å²) in [6.07, 6.45) is 0.295. The topological polar surface area (TPSA) is 32.7 Å². The van der Waals surface area contributed by atoms with Gasteiger partial charge in [0.2, 0.25) is 5.91 Å². The molecule has 0 aromatic heterocycles. The number of anilines is 1. The van der Waals surface area contributed by atoms with Crippen molar-refractivity contribution in [1.82, 2.24) is 0 Å². The highest BCUT2D eigenvalue weighted by Gasteiger charge is 2.23. The van der Waals surface area contributed by atoms with Crippen molar-refractivity contribution in [1.29, 1.82) is 0 Å². The van der Waals surface area contributed by atoms with Crippen LogP contribution in [0.5, 0.6) is 0 Å². The highest BCUT2D eigenvalue weighted by Crippen LogP contribution is 2.33. The molecule has 0 saturated carbocycles. The molecule has 1 aliphatic heterocycles. The van der Waals surface area contributed by atoms with Gasteiger partial charge < -0.3 is 4.90 Å². The van der Waals surface area contributed by atoms with Crippen LogP contribution in [0.3, 0.4) is 0 Å². The van der Waals surface area contributed by atoms with Crippen molar-refractivity contribution in [2.45, 2.75) is 20.3 Å². The summed E-state index contributed by atoms with van der Waals surface area (Å²) in [5, 5.41) is 0.676. The minimum Gasteiger partial charge on any atom is -0.310 e.